The van der Waals surface area contributed by atoms with Crippen LogP contribution in [0.1, 0.15) is 27.7 Å². The Morgan fingerprint density at radius 1 is 1.00 bits per heavy atom. The molecule has 2 aliphatic rings. The summed E-state index contributed by atoms with van der Waals surface area (Å²) in [5.41, 5.74) is 0. The van der Waals surface area contributed by atoms with Crippen molar-refractivity contribution in [3.8, 4) is 0 Å². The molecule has 1 fully saturated rings. The number of hydrogen-bond acceptors (Lipinski definition) is 12. The molecule has 0 aromatic carbocycles. The van der Waals surface area contributed by atoms with Crippen molar-refractivity contribution in [2.75, 3.05) is 13.7 Å². The van der Waals surface area contributed by atoms with Crippen LogP contribution < -0.4 is 0 Å². The quantitative estimate of drug-likeness (QED) is 0.360. The molecule has 0 aliphatic carbocycles. The first-order valence-corrected chi connectivity index (χ1v) is 9.41. The third-order valence-electron chi connectivity index (χ3n) is 4.47. The van der Waals surface area contributed by atoms with Crippen LogP contribution in [0.15, 0.2) is 11.8 Å². The van der Waals surface area contributed by atoms with E-state index in [-0.39, 0.29) is 5.76 Å². The fourth-order valence-corrected chi connectivity index (χ4v) is 3.35. The van der Waals surface area contributed by atoms with E-state index in [0.717, 1.165) is 45.8 Å². The third kappa shape index (κ3) is 5.53. The van der Waals surface area contributed by atoms with E-state index in [0.29, 0.717) is 0 Å². The number of fused-ring (bicyclic) bond motifs is 1. The third-order valence-corrected chi connectivity index (χ3v) is 4.47. The first-order valence-electron chi connectivity index (χ1n) is 9.41. The lowest BCUT2D eigenvalue weighted by Crippen LogP contribution is -2.59. The molecule has 0 aromatic heterocycles. The first kappa shape index (κ1) is 24.6. The highest BCUT2D eigenvalue weighted by Gasteiger charge is 2.56. The molecule has 13 heteroatoms. The molecule has 2 rings (SSSR count). The second-order valence-electron chi connectivity index (χ2n) is 6.86. The minimum absolute atomic E-state index is 0.386. The summed E-state index contributed by atoms with van der Waals surface area (Å²) in [5.74, 6) is -4.40. The van der Waals surface area contributed by atoms with Crippen molar-refractivity contribution in [1.29, 1.82) is 0 Å². The van der Waals surface area contributed by atoms with Gasteiger partial charge in [-0.15, -0.1) is 0 Å². The van der Waals surface area contributed by atoms with Gasteiger partial charge in [0.05, 0.1) is 7.11 Å². The SMILES string of the molecule is COC(=O)C1=C[C@@H]2OC(=O)N(C(C)=O)[C@H]2[C@H]([C@H](OC(C)=O)[C@@H](COC(C)=O)OC(C)=O)O1. The standard InChI is InChI=1S/C19H23NO12/c1-8(21)20-15-12(32-19(20)26)6-13(18(25)27-5)31-17(15)16(30-11(4)24)14(29-10(3)23)7-28-9(2)22/h6,12,14-17H,7H2,1-5H3/t12-,14+,15+,16+,17+/m0/s1. The van der Waals surface area contributed by atoms with E-state index in [4.69, 9.17) is 23.7 Å². The van der Waals surface area contributed by atoms with Gasteiger partial charge in [-0.1, -0.05) is 0 Å². The zero-order chi connectivity index (χ0) is 24.2. The van der Waals surface area contributed by atoms with E-state index in [1.807, 2.05) is 0 Å². The molecule has 2 heterocycles. The average Bonchev–Trinajstić information content (AvgIpc) is 3.03. The van der Waals surface area contributed by atoms with Crippen LogP contribution in [-0.4, -0.2) is 85.0 Å². The van der Waals surface area contributed by atoms with Crippen LogP contribution in [0.4, 0.5) is 4.79 Å². The minimum atomic E-state index is -1.52. The predicted molar refractivity (Wildman–Crippen MR) is 99.3 cm³/mol. The fraction of sp³-hybridized carbons (Fsp3) is 0.579. The van der Waals surface area contributed by atoms with E-state index in [9.17, 15) is 28.8 Å². The maximum atomic E-state index is 12.3. The van der Waals surface area contributed by atoms with Gasteiger partial charge in [0.25, 0.3) is 0 Å². The van der Waals surface area contributed by atoms with Crippen molar-refractivity contribution in [2.24, 2.45) is 0 Å². The van der Waals surface area contributed by atoms with Gasteiger partial charge >= 0.3 is 30.0 Å². The molecular formula is C19H23NO12. The lowest BCUT2D eigenvalue weighted by molar-refractivity contribution is -0.190. The number of esters is 4. The van der Waals surface area contributed by atoms with Gasteiger partial charge in [-0.3, -0.25) is 19.2 Å². The highest BCUT2D eigenvalue weighted by Crippen LogP contribution is 2.35. The second-order valence-corrected chi connectivity index (χ2v) is 6.86. The highest BCUT2D eigenvalue weighted by molar-refractivity contribution is 5.93. The van der Waals surface area contributed by atoms with Gasteiger partial charge in [0.1, 0.15) is 12.6 Å². The van der Waals surface area contributed by atoms with Crippen LogP contribution in [0.25, 0.3) is 0 Å². The summed E-state index contributed by atoms with van der Waals surface area (Å²) in [7, 11) is 1.09. The Labute approximate surface area is 182 Å². The summed E-state index contributed by atoms with van der Waals surface area (Å²) < 4.78 is 30.9. The van der Waals surface area contributed by atoms with Gasteiger partial charge in [-0.2, -0.15) is 0 Å². The Balaban J connectivity index is 2.56. The fourth-order valence-electron chi connectivity index (χ4n) is 3.35. The Kier molecular flexibility index (Phi) is 7.78. The number of hydrogen-bond donors (Lipinski definition) is 0. The lowest BCUT2D eigenvalue weighted by Gasteiger charge is -2.39. The van der Waals surface area contributed by atoms with Crippen LogP contribution in [0.3, 0.4) is 0 Å². The Morgan fingerprint density at radius 3 is 2.12 bits per heavy atom. The summed E-state index contributed by atoms with van der Waals surface area (Å²) in [4.78, 5) is 72.1. The van der Waals surface area contributed by atoms with E-state index < -0.39 is 72.9 Å². The molecule has 5 atom stereocenters. The van der Waals surface area contributed by atoms with Crippen LogP contribution in [0, 0.1) is 0 Å². The topological polar surface area (TPSA) is 161 Å². The van der Waals surface area contributed by atoms with Crippen molar-refractivity contribution in [1.82, 2.24) is 4.90 Å². The molecule has 0 radical (unpaired) electrons. The maximum absolute atomic E-state index is 12.3. The van der Waals surface area contributed by atoms with Crippen molar-refractivity contribution < 1.29 is 57.2 Å². The van der Waals surface area contributed by atoms with E-state index in [1.54, 1.807) is 0 Å². The minimum Gasteiger partial charge on any atom is -0.477 e. The Bertz CT molecular complexity index is 849. The normalized spacial score (nSPS) is 23.4. The summed E-state index contributed by atoms with van der Waals surface area (Å²) in [6.07, 6.45) is -5.41. The molecule has 176 valence electrons. The molecule has 0 saturated carbocycles. The van der Waals surface area contributed by atoms with Gasteiger partial charge in [-0.05, 0) is 0 Å². The predicted octanol–water partition coefficient (Wildman–Crippen LogP) is -0.395. The van der Waals surface area contributed by atoms with Crippen molar-refractivity contribution in [2.45, 2.75) is 58.2 Å². The number of ether oxygens (including phenoxy) is 6. The maximum Gasteiger partial charge on any atom is 0.417 e. The average molecular weight is 457 g/mol. The number of amides is 2. The van der Waals surface area contributed by atoms with E-state index >= 15 is 0 Å². The first-order chi connectivity index (χ1) is 15.0. The molecule has 1 saturated heterocycles. The van der Waals surface area contributed by atoms with Crippen molar-refractivity contribution in [3.63, 3.8) is 0 Å². The highest BCUT2D eigenvalue weighted by atomic mass is 16.6. The zero-order valence-electron chi connectivity index (χ0n) is 18.0. The number of methoxy groups -OCH3 is 1. The van der Waals surface area contributed by atoms with Crippen LogP contribution in [-0.2, 0) is 52.4 Å². The van der Waals surface area contributed by atoms with Crippen LogP contribution in [0.5, 0.6) is 0 Å². The van der Waals surface area contributed by atoms with Gasteiger partial charge in [0.15, 0.2) is 24.4 Å². The molecule has 13 nitrogen and oxygen atoms in total. The van der Waals surface area contributed by atoms with Crippen molar-refractivity contribution >= 4 is 35.9 Å². The summed E-state index contributed by atoms with van der Waals surface area (Å²) in [5, 5.41) is 0. The Hall–Kier alpha value is -3.64. The zero-order valence-corrected chi connectivity index (χ0v) is 18.0. The summed E-state index contributed by atoms with van der Waals surface area (Å²) in [6.45, 7) is 3.79. The van der Waals surface area contributed by atoms with Gasteiger partial charge in [0.2, 0.25) is 11.7 Å². The smallest absolute Gasteiger partial charge is 0.417 e. The van der Waals surface area contributed by atoms with Gasteiger partial charge < -0.3 is 28.4 Å². The Morgan fingerprint density at radius 2 is 1.62 bits per heavy atom. The molecule has 32 heavy (non-hydrogen) atoms. The van der Waals surface area contributed by atoms with E-state index in [1.165, 1.54) is 0 Å². The number of nitrogens with zero attached hydrogens (tertiary/aromatic N) is 1. The molecular weight excluding hydrogens is 434 g/mol. The van der Waals surface area contributed by atoms with Crippen LogP contribution >= 0.6 is 0 Å². The lowest BCUT2D eigenvalue weighted by atomic mass is 9.93. The van der Waals surface area contributed by atoms with Gasteiger partial charge in [0, 0.05) is 33.8 Å². The van der Waals surface area contributed by atoms with Crippen LogP contribution in [0.2, 0.25) is 0 Å². The number of carbonyl (C=O) groups is 6. The molecule has 0 unspecified atom stereocenters. The van der Waals surface area contributed by atoms with Gasteiger partial charge in [-0.25, -0.2) is 14.5 Å². The molecule has 2 aliphatic heterocycles. The largest absolute Gasteiger partial charge is 0.477 e. The number of imide groups is 1. The molecule has 0 N–H and O–H groups in total. The number of rotatable bonds is 7. The van der Waals surface area contributed by atoms with Crippen molar-refractivity contribution in [3.05, 3.63) is 11.8 Å². The van der Waals surface area contributed by atoms with E-state index in [2.05, 4.69) is 4.74 Å². The molecule has 2 amide bonds. The molecule has 0 aromatic rings. The number of carbonyl (C=O) groups excluding carboxylic acids is 6. The summed E-state index contributed by atoms with van der Waals surface area (Å²) >= 11 is 0. The second kappa shape index (κ2) is 10.1. The summed E-state index contributed by atoms with van der Waals surface area (Å²) in [6, 6.07) is -1.20. The monoisotopic (exact) mass is 457 g/mol. The molecule has 0 spiro atoms. The molecule has 0 bridgehead atoms.